The lowest BCUT2D eigenvalue weighted by molar-refractivity contribution is -0.139. The van der Waals surface area contributed by atoms with Crippen LogP contribution in [-0.2, 0) is 9.47 Å². The van der Waals surface area contributed by atoms with E-state index in [4.69, 9.17) is 15.2 Å². The van der Waals surface area contributed by atoms with Crippen LogP contribution in [0.25, 0.3) is 11.3 Å². The maximum atomic E-state index is 13.0. The first kappa shape index (κ1) is 17.9. The predicted octanol–water partition coefficient (Wildman–Crippen LogP) is 2.18. The number of aromatic nitrogens is 2. The van der Waals surface area contributed by atoms with Crippen molar-refractivity contribution in [3.05, 3.63) is 42.1 Å². The number of rotatable bonds is 3. The highest BCUT2D eigenvalue weighted by Crippen LogP contribution is 2.34. The van der Waals surface area contributed by atoms with Gasteiger partial charge >= 0.3 is 0 Å². The van der Waals surface area contributed by atoms with Crippen molar-refractivity contribution in [1.29, 1.82) is 0 Å². The molecule has 7 heteroatoms. The monoisotopic (exact) mass is 368 g/mol. The zero-order chi connectivity index (χ0) is 18.7. The van der Waals surface area contributed by atoms with E-state index in [1.165, 1.54) is 6.20 Å². The topological polar surface area (TPSA) is 99.4 Å². The Bertz CT molecular complexity index is 801. The molecule has 3 heterocycles. The molecule has 4 rings (SSSR count). The van der Waals surface area contributed by atoms with Crippen LogP contribution in [0.5, 0.6) is 0 Å². The maximum Gasteiger partial charge on any atom is 0.255 e. The lowest BCUT2D eigenvalue weighted by Crippen LogP contribution is -2.51. The molecule has 2 aliphatic heterocycles. The number of amides is 1. The van der Waals surface area contributed by atoms with E-state index in [2.05, 4.69) is 15.3 Å². The SMILES string of the molecule is Nc1ncc(C(=O)NC2CCOC3(CCOCC3)C2)c(-c2ccccc2)n1. The molecule has 1 aromatic heterocycles. The minimum atomic E-state index is -0.178. The molecule has 1 aromatic carbocycles. The summed E-state index contributed by atoms with van der Waals surface area (Å²) in [4.78, 5) is 21.3. The van der Waals surface area contributed by atoms with E-state index in [9.17, 15) is 4.79 Å². The summed E-state index contributed by atoms with van der Waals surface area (Å²) in [6, 6.07) is 9.60. The Labute approximate surface area is 158 Å². The number of hydrogen-bond donors (Lipinski definition) is 2. The van der Waals surface area contributed by atoms with Gasteiger partial charge in [0.2, 0.25) is 5.95 Å². The quantitative estimate of drug-likeness (QED) is 0.861. The molecule has 142 valence electrons. The van der Waals surface area contributed by atoms with Gasteiger partial charge in [0.1, 0.15) is 0 Å². The van der Waals surface area contributed by atoms with Crippen molar-refractivity contribution >= 4 is 11.9 Å². The Balaban J connectivity index is 1.53. The summed E-state index contributed by atoms with van der Waals surface area (Å²) in [7, 11) is 0. The number of ether oxygens (including phenoxy) is 2. The van der Waals surface area contributed by atoms with Crippen molar-refractivity contribution < 1.29 is 14.3 Å². The third kappa shape index (κ3) is 3.94. The zero-order valence-corrected chi connectivity index (χ0v) is 15.2. The minimum Gasteiger partial charge on any atom is -0.381 e. The smallest absolute Gasteiger partial charge is 0.255 e. The van der Waals surface area contributed by atoms with E-state index in [0.717, 1.165) is 31.2 Å². The molecular weight excluding hydrogens is 344 g/mol. The van der Waals surface area contributed by atoms with Gasteiger partial charge in [-0.25, -0.2) is 9.97 Å². The fourth-order valence-corrected chi connectivity index (χ4v) is 3.88. The van der Waals surface area contributed by atoms with E-state index < -0.39 is 0 Å². The molecule has 0 radical (unpaired) electrons. The summed E-state index contributed by atoms with van der Waals surface area (Å²) in [5, 5.41) is 3.16. The molecule has 2 fully saturated rings. The second kappa shape index (κ2) is 7.62. The molecule has 3 N–H and O–H groups in total. The maximum absolute atomic E-state index is 13.0. The van der Waals surface area contributed by atoms with Gasteiger partial charge in [0.05, 0.1) is 16.9 Å². The van der Waals surface area contributed by atoms with E-state index in [1.54, 1.807) is 0 Å². The minimum absolute atomic E-state index is 0.0607. The van der Waals surface area contributed by atoms with Gasteiger partial charge in [-0.1, -0.05) is 30.3 Å². The molecule has 0 bridgehead atoms. The molecular formula is C20H24N4O3. The van der Waals surface area contributed by atoms with Gasteiger partial charge in [-0.05, 0) is 25.7 Å². The zero-order valence-electron chi connectivity index (χ0n) is 15.2. The lowest BCUT2D eigenvalue weighted by Gasteiger charge is -2.43. The number of anilines is 1. The normalized spacial score (nSPS) is 21.7. The van der Waals surface area contributed by atoms with Crippen LogP contribution in [0, 0.1) is 0 Å². The Morgan fingerprint density at radius 1 is 1.19 bits per heavy atom. The van der Waals surface area contributed by atoms with Gasteiger partial charge in [-0.3, -0.25) is 4.79 Å². The predicted molar refractivity (Wildman–Crippen MR) is 101 cm³/mol. The summed E-state index contributed by atoms with van der Waals surface area (Å²) in [5.74, 6) is -0.0272. The Hall–Kier alpha value is -2.51. The first-order valence-electron chi connectivity index (χ1n) is 9.36. The number of nitrogens with zero attached hydrogens (tertiary/aromatic N) is 2. The number of nitrogens with two attached hydrogens (primary N) is 1. The third-order valence-corrected chi connectivity index (χ3v) is 5.33. The molecule has 1 atom stereocenters. The van der Waals surface area contributed by atoms with Gasteiger partial charge in [-0.2, -0.15) is 0 Å². The highest BCUT2D eigenvalue weighted by molar-refractivity contribution is 5.99. The van der Waals surface area contributed by atoms with E-state index >= 15 is 0 Å². The van der Waals surface area contributed by atoms with Crippen LogP contribution in [-0.4, -0.2) is 47.3 Å². The second-order valence-corrected chi connectivity index (χ2v) is 7.16. The standard InChI is InChI=1S/C20H24N4O3/c21-19-22-13-16(17(24-19)14-4-2-1-3-5-14)18(25)23-15-6-9-27-20(12-15)7-10-26-11-8-20/h1-5,13,15H,6-12H2,(H,23,25)(H2,21,22,24). The molecule has 1 unspecified atom stereocenters. The molecule has 1 amide bonds. The van der Waals surface area contributed by atoms with Gasteiger partial charge in [0.15, 0.2) is 0 Å². The van der Waals surface area contributed by atoms with E-state index in [-0.39, 0.29) is 23.5 Å². The largest absolute Gasteiger partial charge is 0.381 e. The number of nitrogen functional groups attached to an aromatic ring is 1. The Morgan fingerprint density at radius 2 is 1.96 bits per heavy atom. The van der Waals surface area contributed by atoms with Crippen LogP contribution < -0.4 is 11.1 Å². The van der Waals surface area contributed by atoms with E-state index in [0.29, 0.717) is 31.1 Å². The van der Waals surface area contributed by atoms with Gasteiger partial charge < -0.3 is 20.5 Å². The average molecular weight is 368 g/mol. The molecule has 27 heavy (non-hydrogen) atoms. The van der Waals surface area contributed by atoms with Crippen LogP contribution in [0.3, 0.4) is 0 Å². The molecule has 2 saturated heterocycles. The summed E-state index contributed by atoms with van der Waals surface area (Å²) in [6.45, 7) is 2.07. The van der Waals surface area contributed by atoms with Crippen LogP contribution >= 0.6 is 0 Å². The second-order valence-electron chi connectivity index (χ2n) is 7.16. The van der Waals surface area contributed by atoms with Crippen LogP contribution in [0.2, 0.25) is 0 Å². The first-order valence-corrected chi connectivity index (χ1v) is 9.36. The van der Waals surface area contributed by atoms with E-state index in [1.807, 2.05) is 30.3 Å². The fourth-order valence-electron chi connectivity index (χ4n) is 3.88. The fraction of sp³-hybridized carbons (Fsp3) is 0.450. The van der Waals surface area contributed by atoms with Gasteiger partial charge in [-0.15, -0.1) is 0 Å². The lowest BCUT2D eigenvalue weighted by atomic mass is 9.84. The van der Waals surface area contributed by atoms with Crippen LogP contribution in [0.4, 0.5) is 5.95 Å². The van der Waals surface area contributed by atoms with Crippen molar-refractivity contribution in [2.75, 3.05) is 25.6 Å². The first-order chi connectivity index (χ1) is 13.2. The van der Waals surface area contributed by atoms with Crippen LogP contribution in [0.15, 0.2) is 36.5 Å². The van der Waals surface area contributed by atoms with Crippen molar-refractivity contribution in [2.45, 2.75) is 37.3 Å². The molecule has 1 spiro atoms. The molecule has 0 aliphatic carbocycles. The summed E-state index contributed by atoms with van der Waals surface area (Å²) >= 11 is 0. The van der Waals surface area contributed by atoms with Crippen molar-refractivity contribution in [1.82, 2.24) is 15.3 Å². The van der Waals surface area contributed by atoms with Gasteiger partial charge in [0, 0.05) is 37.6 Å². The number of carbonyl (C=O) groups is 1. The number of nitrogens with one attached hydrogen (secondary N) is 1. The number of benzene rings is 1. The summed E-state index contributed by atoms with van der Waals surface area (Å²) in [5.41, 5.74) is 7.41. The highest BCUT2D eigenvalue weighted by Gasteiger charge is 2.39. The van der Waals surface area contributed by atoms with Crippen LogP contribution in [0.1, 0.15) is 36.0 Å². The summed E-state index contributed by atoms with van der Waals surface area (Å²) < 4.78 is 11.5. The Kier molecular flexibility index (Phi) is 5.05. The van der Waals surface area contributed by atoms with Crippen molar-refractivity contribution in [2.24, 2.45) is 0 Å². The average Bonchev–Trinajstić information content (AvgIpc) is 2.69. The third-order valence-electron chi connectivity index (χ3n) is 5.33. The Morgan fingerprint density at radius 3 is 2.74 bits per heavy atom. The highest BCUT2D eigenvalue weighted by atomic mass is 16.5. The molecule has 2 aromatic rings. The molecule has 2 aliphatic rings. The molecule has 7 nitrogen and oxygen atoms in total. The number of carbonyl (C=O) groups excluding carboxylic acids is 1. The summed E-state index contributed by atoms with van der Waals surface area (Å²) in [6.07, 6.45) is 4.85. The van der Waals surface area contributed by atoms with Crippen molar-refractivity contribution in [3.63, 3.8) is 0 Å². The van der Waals surface area contributed by atoms with Crippen molar-refractivity contribution in [3.8, 4) is 11.3 Å². The molecule has 0 saturated carbocycles. The van der Waals surface area contributed by atoms with Gasteiger partial charge in [0.25, 0.3) is 5.91 Å². The number of hydrogen-bond acceptors (Lipinski definition) is 6.